The van der Waals surface area contributed by atoms with Crippen LogP contribution in [-0.2, 0) is 12.7 Å². The number of nitrogens with zero attached hydrogens (tertiary/aromatic N) is 2. The van der Waals surface area contributed by atoms with Gasteiger partial charge in [-0.3, -0.25) is 14.5 Å². The molecule has 0 spiro atoms. The first kappa shape index (κ1) is 30.7. The quantitative estimate of drug-likeness (QED) is 0.148. The molecule has 5 rings (SSSR count). The molecule has 3 N–H and O–H groups in total. The van der Waals surface area contributed by atoms with Gasteiger partial charge in [0.2, 0.25) is 0 Å². The van der Waals surface area contributed by atoms with Crippen molar-refractivity contribution in [3.05, 3.63) is 99.6 Å². The molecular formula is C31H28ClF3N4O3S. The maximum Gasteiger partial charge on any atom is 0.417 e. The first-order valence-corrected chi connectivity index (χ1v) is 14.8. The van der Waals surface area contributed by atoms with Crippen LogP contribution < -0.4 is 10.7 Å². The molecule has 0 radical (unpaired) electrons. The number of fused-ring (bicyclic) bond motifs is 1. The van der Waals surface area contributed by atoms with Gasteiger partial charge in [-0.15, -0.1) is 11.3 Å². The molecule has 0 saturated carbocycles. The number of piperidine rings is 1. The number of carbonyl (C=O) groups is 2. The van der Waals surface area contributed by atoms with Crippen LogP contribution in [0.1, 0.15) is 50.2 Å². The summed E-state index contributed by atoms with van der Waals surface area (Å²) in [6.45, 7) is 2.66. The summed E-state index contributed by atoms with van der Waals surface area (Å²) in [6, 6.07) is 17.8. The number of hydrazone groups is 1. The molecule has 0 bridgehead atoms. The Hall–Kier alpha value is -3.77. The fraction of sp³-hybridized carbons (Fsp3) is 0.258. The van der Waals surface area contributed by atoms with E-state index >= 15 is 0 Å². The van der Waals surface area contributed by atoms with E-state index in [4.69, 9.17) is 11.6 Å². The molecule has 12 heteroatoms. The van der Waals surface area contributed by atoms with E-state index in [0.29, 0.717) is 28.4 Å². The third kappa shape index (κ3) is 7.42. The standard InChI is InChI=1S/C31H28ClF3N4O3S/c32-25-9-8-20(15-24(25)31(33,34)35)16-36-38-29(42)27-23-6-1-2-7-26(23)43-30(27)37-28(41)22-5-3-4-21(14-22)17-39-12-10-19(18-40)11-13-39/h1-9,14-16,19,40H,10-13,17-18H2,(H,37,41)(H,38,42)/b36-16+. The Labute approximate surface area is 255 Å². The van der Waals surface area contributed by atoms with Crippen molar-refractivity contribution in [1.29, 1.82) is 0 Å². The normalized spacial score (nSPS) is 14.8. The smallest absolute Gasteiger partial charge is 0.396 e. The van der Waals surface area contributed by atoms with E-state index in [0.717, 1.165) is 54.5 Å². The molecule has 4 aromatic rings. The molecule has 2 heterocycles. The lowest BCUT2D eigenvalue weighted by molar-refractivity contribution is -0.137. The Morgan fingerprint density at radius 2 is 1.81 bits per heavy atom. The number of carbonyl (C=O) groups excluding carboxylic acids is 2. The van der Waals surface area contributed by atoms with Gasteiger partial charge in [-0.1, -0.05) is 48.0 Å². The lowest BCUT2D eigenvalue weighted by Crippen LogP contribution is -2.34. The Bertz CT molecular complexity index is 1670. The van der Waals surface area contributed by atoms with Crippen molar-refractivity contribution in [1.82, 2.24) is 10.3 Å². The van der Waals surface area contributed by atoms with E-state index in [1.807, 2.05) is 30.3 Å². The third-order valence-electron chi connectivity index (χ3n) is 7.29. The van der Waals surface area contributed by atoms with Gasteiger partial charge in [0.05, 0.1) is 22.4 Å². The molecule has 0 unspecified atom stereocenters. The van der Waals surface area contributed by atoms with Crippen LogP contribution in [0.2, 0.25) is 5.02 Å². The van der Waals surface area contributed by atoms with Gasteiger partial charge in [-0.2, -0.15) is 18.3 Å². The van der Waals surface area contributed by atoms with Crippen molar-refractivity contribution >= 4 is 56.1 Å². The number of thiophene rings is 1. The molecule has 224 valence electrons. The van der Waals surface area contributed by atoms with E-state index in [9.17, 15) is 27.9 Å². The highest BCUT2D eigenvalue weighted by molar-refractivity contribution is 7.23. The summed E-state index contributed by atoms with van der Waals surface area (Å²) in [5.74, 6) is -0.675. The Morgan fingerprint density at radius 1 is 1.05 bits per heavy atom. The monoisotopic (exact) mass is 628 g/mol. The number of likely N-dealkylation sites (tertiary alicyclic amines) is 1. The molecule has 1 fully saturated rings. The second-order valence-corrected chi connectivity index (χ2v) is 11.8. The number of aliphatic hydroxyl groups is 1. The predicted octanol–water partition coefficient (Wildman–Crippen LogP) is 6.79. The highest BCUT2D eigenvalue weighted by Gasteiger charge is 2.33. The molecular weight excluding hydrogens is 601 g/mol. The molecule has 1 aliphatic heterocycles. The van der Waals surface area contributed by atoms with E-state index in [1.54, 1.807) is 18.2 Å². The van der Waals surface area contributed by atoms with Crippen LogP contribution in [0.5, 0.6) is 0 Å². The molecule has 0 aliphatic carbocycles. The zero-order valence-corrected chi connectivity index (χ0v) is 24.4. The summed E-state index contributed by atoms with van der Waals surface area (Å²) in [6.07, 6.45) is -1.67. The lowest BCUT2D eigenvalue weighted by Gasteiger charge is -2.31. The minimum absolute atomic E-state index is 0.0957. The third-order valence-corrected chi connectivity index (χ3v) is 8.70. The summed E-state index contributed by atoms with van der Waals surface area (Å²) >= 11 is 6.91. The number of rotatable bonds is 8. The summed E-state index contributed by atoms with van der Waals surface area (Å²) < 4.78 is 40.4. The zero-order chi connectivity index (χ0) is 30.6. The van der Waals surface area contributed by atoms with Gasteiger partial charge in [0.1, 0.15) is 5.00 Å². The number of anilines is 1. The summed E-state index contributed by atoms with van der Waals surface area (Å²) in [4.78, 5) is 28.9. The first-order valence-electron chi connectivity index (χ1n) is 13.6. The fourth-order valence-corrected chi connectivity index (χ4v) is 6.31. The number of alkyl halides is 3. The average molecular weight is 629 g/mol. The number of halogens is 4. The highest BCUT2D eigenvalue weighted by atomic mass is 35.5. The molecule has 1 aromatic heterocycles. The molecule has 0 atom stereocenters. The minimum atomic E-state index is -4.64. The number of hydrogen-bond acceptors (Lipinski definition) is 6. The number of hydrogen-bond donors (Lipinski definition) is 3. The van der Waals surface area contributed by atoms with Crippen LogP contribution in [0.3, 0.4) is 0 Å². The first-order chi connectivity index (χ1) is 20.6. The molecule has 1 saturated heterocycles. The van der Waals surface area contributed by atoms with Gasteiger partial charge in [-0.25, -0.2) is 5.43 Å². The van der Waals surface area contributed by atoms with Crippen LogP contribution in [0.25, 0.3) is 10.1 Å². The zero-order valence-electron chi connectivity index (χ0n) is 22.8. The van der Waals surface area contributed by atoms with Gasteiger partial charge in [-0.05, 0) is 73.3 Å². The van der Waals surface area contributed by atoms with Crippen molar-refractivity contribution in [3.63, 3.8) is 0 Å². The van der Waals surface area contributed by atoms with Crippen molar-refractivity contribution in [2.45, 2.75) is 25.6 Å². The van der Waals surface area contributed by atoms with Crippen molar-refractivity contribution < 1.29 is 27.9 Å². The molecule has 7 nitrogen and oxygen atoms in total. The molecule has 43 heavy (non-hydrogen) atoms. The Morgan fingerprint density at radius 3 is 2.56 bits per heavy atom. The van der Waals surface area contributed by atoms with Gasteiger partial charge >= 0.3 is 6.18 Å². The number of benzene rings is 3. The van der Waals surface area contributed by atoms with E-state index in [2.05, 4.69) is 20.7 Å². The Balaban J connectivity index is 1.32. The van der Waals surface area contributed by atoms with Crippen LogP contribution in [-0.4, -0.2) is 47.7 Å². The predicted molar refractivity (Wildman–Crippen MR) is 163 cm³/mol. The summed E-state index contributed by atoms with van der Waals surface area (Å²) in [5.41, 5.74) is 3.07. The second kappa shape index (κ2) is 13.3. The molecule has 1 aliphatic rings. The van der Waals surface area contributed by atoms with Gasteiger partial charge < -0.3 is 10.4 Å². The Kier molecular flexibility index (Phi) is 9.46. The van der Waals surface area contributed by atoms with Crippen LogP contribution in [0.4, 0.5) is 18.2 Å². The average Bonchev–Trinajstić information content (AvgIpc) is 3.35. The van der Waals surface area contributed by atoms with E-state index in [1.165, 1.54) is 17.4 Å². The molecule has 3 aromatic carbocycles. The number of aliphatic hydroxyl groups excluding tert-OH is 1. The van der Waals surface area contributed by atoms with Gasteiger partial charge in [0.25, 0.3) is 11.8 Å². The maximum atomic E-state index is 13.3. The largest absolute Gasteiger partial charge is 0.417 e. The topological polar surface area (TPSA) is 94.0 Å². The fourth-order valence-electron chi connectivity index (χ4n) is 4.99. The van der Waals surface area contributed by atoms with E-state index < -0.39 is 22.7 Å². The lowest BCUT2D eigenvalue weighted by atomic mass is 9.97. The van der Waals surface area contributed by atoms with E-state index in [-0.39, 0.29) is 23.6 Å². The van der Waals surface area contributed by atoms with Crippen molar-refractivity contribution in [3.8, 4) is 0 Å². The maximum absolute atomic E-state index is 13.3. The highest BCUT2D eigenvalue weighted by Crippen LogP contribution is 2.37. The van der Waals surface area contributed by atoms with Crippen LogP contribution in [0.15, 0.2) is 71.8 Å². The van der Waals surface area contributed by atoms with Crippen molar-refractivity contribution in [2.75, 3.05) is 25.0 Å². The number of nitrogens with one attached hydrogen (secondary N) is 2. The molecule has 2 amide bonds. The van der Waals surface area contributed by atoms with Crippen LogP contribution in [0, 0.1) is 5.92 Å². The minimum Gasteiger partial charge on any atom is -0.396 e. The summed E-state index contributed by atoms with van der Waals surface area (Å²) in [7, 11) is 0. The van der Waals surface area contributed by atoms with Gasteiger partial charge in [0.15, 0.2) is 0 Å². The van der Waals surface area contributed by atoms with Gasteiger partial charge in [0, 0.05) is 28.8 Å². The second-order valence-electron chi connectivity index (χ2n) is 10.3. The number of amides is 2. The SMILES string of the molecule is O=C(Nc1sc2ccccc2c1C(=O)N/N=C/c1ccc(Cl)c(C(F)(F)F)c1)c1cccc(CN2CCC(CO)CC2)c1. The summed E-state index contributed by atoms with van der Waals surface area (Å²) in [5, 5.41) is 16.6. The van der Waals surface area contributed by atoms with Crippen molar-refractivity contribution in [2.24, 2.45) is 11.0 Å². The van der Waals surface area contributed by atoms with Crippen LogP contribution >= 0.6 is 22.9 Å².